The molecule has 18 heavy (non-hydrogen) atoms. The van der Waals surface area contributed by atoms with Gasteiger partial charge in [0.2, 0.25) is 0 Å². The highest BCUT2D eigenvalue weighted by Gasteiger charge is 2.01. The van der Waals surface area contributed by atoms with E-state index >= 15 is 0 Å². The predicted molar refractivity (Wildman–Crippen MR) is 82.3 cm³/mol. The Balaban J connectivity index is 1.93. The van der Waals surface area contributed by atoms with Gasteiger partial charge < -0.3 is 4.90 Å². The van der Waals surface area contributed by atoms with E-state index in [0.29, 0.717) is 0 Å². The summed E-state index contributed by atoms with van der Waals surface area (Å²) in [6, 6.07) is 17.2. The van der Waals surface area contributed by atoms with Gasteiger partial charge >= 0.3 is 0 Å². The number of anilines is 1. The second-order valence-corrected chi connectivity index (χ2v) is 5.55. The van der Waals surface area contributed by atoms with Crippen LogP contribution in [0.5, 0.6) is 0 Å². The molecule has 0 aromatic heterocycles. The number of nitrogens with zero attached hydrogens (tertiary/aromatic N) is 1. The first-order valence-corrected chi connectivity index (χ1v) is 6.97. The van der Waals surface area contributed by atoms with Gasteiger partial charge in [-0.2, -0.15) is 0 Å². The van der Waals surface area contributed by atoms with E-state index in [-0.39, 0.29) is 0 Å². The molecule has 0 heterocycles. The molecular formula is C16H18BrN. The van der Waals surface area contributed by atoms with Crippen LogP contribution in [-0.4, -0.2) is 13.6 Å². The van der Waals surface area contributed by atoms with Crippen molar-refractivity contribution in [3.63, 3.8) is 0 Å². The van der Waals surface area contributed by atoms with Gasteiger partial charge in [0.15, 0.2) is 0 Å². The number of hydrogen-bond acceptors (Lipinski definition) is 1. The summed E-state index contributed by atoms with van der Waals surface area (Å²) in [6.07, 6.45) is 1.07. The lowest BCUT2D eigenvalue weighted by Crippen LogP contribution is -2.20. The Morgan fingerprint density at radius 3 is 2.17 bits per heavy atom. The molecule has 0 spiro atoms. The van der Waals surface area contributed by atoms with Gasteiger partial charge in [-0.15, -0.1) is 0 Å². The van der Waals surface area contributed by atoms with Crippen LogP contribution in [0.25, 0.3) is 0 Å². The summed E-state index contributed by atoms with van der Waals surface area (Å²) in [5.74, 6) is 0. The van der Waals surface area contributed by atoms with Gasteiger partial charge in [0.25, 0.3) is 0 Å². The van der Waals surface area contributed by atoms with Gasteiger partial charge in [0.1, 0.15) is 0 Å². The highest BCUT2D eigenvalue weighted by Crippen LogP contribution is 2.15. The van der Waals surface area contributed by atoms with E-state index < -0.39 is 0 Å². The van der Waals surface area contributed by atoms with Crippen LogP contribution in [0.1, 0.15) is 11.1 Å². The maximum absolute atomic E-state index is 3.46. The first kappa shape index (κ1) is 13.2. The summed E-state index contributed by atoms with van der Waals surface area (Å²) in [7, 11) is 2.14. The molecule has 0 N–H and O–H groups in total. The molecular weight excluding hydrogens is 286 g/mol. The number of benzene rings is 2. The average Bonchev–Trinajstić information content (AvgIpc) is 2.38. The minimum Gasteiger partial charge on any atom is -0.374 e. The molecule has 0 saturated heterocycles. The van der Waals surface area contributed by atoms with E-state index in [2.05, 4.69) is 83.3 Å². The molecule has 0 aliphatic rings. The molecule has 0 aliphatic carbocycles. The summed E-state index contributed by atoms with van der Waals surface area (Å²) in [5.41, 5.74) is 3.95. The van der Waals surface area contributed by atoms with Crippen molar-refractivity contribution in [1.29, 1.82) is 0 Å². The number of aryl methyl sites for hydroxylation is 1. The third-order valence-corrected chi connectivity index (χ3v) is 3.65. The molecule has 0 aliphatic heterocycles. The van der Waals surface area contributed by atoms with Crippen molar-refractivity contribution < 1.29 is 0 Å². The zero-order valence-corrected chi connectivity index (χ0v) is 12.4. The van der Waals surface area contributed by atoms with Crippen LogP contribution in [0.15, 0.2) is 53.0 Å². The van der Waals surface area contributed by atoms with Crippen molar-refractivity contribution in [3.8, 4) is 0 Å². The van der Waals surface area contributed by atoms with Crippen LogP contribution in [0, 0.1) is 6.92 Å². The van der Waals surface area contributed by atoms with Gasteiger partial charge in [-0.05, 0) is 43.2 Å². The molecule has 0 amide bonds. The number of likely N-dealkylation sites (N-methyl/N-ethyl adjacent to an activating group) is 1. The standard InChI is InChI=1S/C16H18BrN/c1-13-3-9-16(10-4-13)18(2)12-11-14-5-7-15(17)8-6-14/h3-10H,11-12H2,1-2H3. The van der Waals surface area contributed by atoms with Crippen molar-refractivity contribution in [2.24, 2.45) is 0 Å². The number of halogens is 1. The Kier molecular flexibility index (Phi) is 4.43. The van der Waals surface area contributed by atoms with E-state index in [1.165, 1.54) is 16.8 Å². The Hall–Kier alpha value is -1.28. The molecule has 0 saturated carbocycles. The fourth-order valence-corrected chi connectivity index (χ4v) is 2.14. The van der Waals surface area contributed by atoms with E-state index in [0.717, 1.165) is 17.4 Å². The van der Waals surface area contributed by atoms with Gasteiger partial charge in [-0.3, -0.25) is 0 Å². The first-order chi connectivity index (χ1) is 8.65. The number of rotatable bonds is 4. The molecule has 0 atom stereocenters. The Bertz CT molecular complexity index is 488. The maximum atomic E-state index is 3.46. The van der Waals surface area contributed by atoms with Crippen molar-refractivity contribution in [2.45, 2.75) is 13.3 Å². The van der Waals surface area contributed by atoms with Crippen LogP contribution in [0.3, 0.4) is 0 Å². The van der Waals surface area contributed by atoms with Gasteiger partial charge in [-0.1, -0.05) is 45.8 Å². The van der Waals surface area contributed by atoms with Gasteiger partial charge in [-0.25, -0.2) is 0 Å². The second kappa shape index (κ2) is 6.05. The molecule has 2 aromatic carbocycles. The quantitative estimate of drug-likeness (QED) is 0.807. The van der Waals surface area contributed by atoms with Gasteiger partial charge in [0.05, 0.1) is 0 Å². The lowest BCUT2D eigenvalue weighted by atomic mass is 10.1. The van der Waals surface area contributed by atoms with Crippen molar-refractivity contribution >= 4 is 21.6 Å². The van der Waals surface area contributed by atoms with E-state index in [4.69, 9.17) is 0 Å². The summed E-state index contributed by atoms with van der Waals surface area (Å²) < 4.78 is 1.14. The molecule has 0 bridgehead atoms. The molecule has 2 rings (SSSR count). The summed E-state index contributed by atoms with van der Waals surface area (Å²) in [6.45, 7) is 3.15. The van der Waals surface area contributed by atoms with Crippen molar-refractivity contribution in [1.82, 2.24) is 0 Å². The predicted octanol–water partition coefficient (Wildman–Crippen LogP) is 4.44. The Morgan fingerprint density at radius 1 is 0.944 bits per heavy atom. The Labute approximate surface area is 118 Å². The largest absolute Gasteiger partial charge is 0.374 e. The fraction of sp³-hybridized carbons (Fsp3) is 0.250. The van der Waals surface area contributed by atoms with Crippen LogP contribution < -0.4 is 4.90 Å². The van der Waals surface area contributed by atoms with E-state index in [1.807, 2.05) is 0 Å². The summed E-state index contributed by atoms with van der Waals surface area (Å²) in [5, 5.41) is 0. The van der Waals surface area contributed by atoms with Crippen molar-refractivity contribution in [2.75, 3.05) is 18.5 Å². The van der Waals surface area contributed by atoms with Crippen LogP contribution >= 0.6 is 15.9 Å². The van der Waals surface area contributed by atoms with Crippen molar-refractivity contribution in [3.05, 3.63) is 64.1 Å². The molecule has 2 aromatic rings. The minimum absolute atomic E-state index is 1.03. The lowest BCUT2D eigenvalue weighted by molar-refractivity contribution is 0.876. The molecule has 2 heteroatoms. The van der Waals surface area contributed by atoms with Crippen LogP contribution in [0.2, 0.25) is 0 Å². The third kappa shape index (κ3) is 3.61. The summed E-state index contributed by atoms with van der Waals surface area (Å²) in [4.78, 5) is 2.29. The monoisotopic (exact) mass is 303 g/mol. The van der Waals surface area contributed by atoms with Crippen LogP contribution in [0.4, 0.5) is 5.69 Å². The molecule has 94 valence electrons. The zero-order chi connectivity index (χ0) is 13.0. The third-order valence-electron chi connectivity index (χ3n) is 3.12. The van der Waals surface area contributed by atoms with E-state index in [1.54, 1.807) is 0 Å². The topological polar surface area (TPSA) is 3.24 Å². The van der Waals surface area contributed by atoms with E-state index in [9.17, 15) is 0 Å². The zero-order valence-electron chi connectivity index (χ0n) is 10.9. The second-order valence-electron chi connectivity index (χ2n) is 4.63. The average molecular weight is 304 g/mol. The highest BCUT2D eigenvalue weighted by molar-refractivity contribution is 9.10. The molecule has 1 nitrogen and oxygen atoms in total. The Morgan fingerprint density at radius 2 is 1.56 bits per heavy atom. The first-order valence-electron chi connectivity index (χ1n) is 6.17. The molecule has 0 fully saturated rings. The van der Waals surface area contributed by atoms with Gasteiger partial charge in [0, 0.05) is 23.8 Å². The maximum Gasteiger partial charge on any atom is 0.0363 e. The smallest absolute Gasteiger partial charge is 0.0363 e. The normalized spacial score (nSPS) is 10.4. The molecule has 0 radical (unpaired) electrons. The highest BCUT2D eigenvalue weighted by atomic mass is 79.9. The summed E-state index contributed by atoms with van der Waals surface area (Å²) >= 11 is 3.46. The lowest BCUT2D eigenvalue weighted by Gasteiger charge is -2.19. The fourth-order valence-electron chi connectivity index (χ4n) is 1.88. The van der Waals surface area contributed by atoms with Crippen LogP contribution in [-0.2, 0) is 6.42 Å². The SMILES string of the molecule is Cc1ccc(N(C)CCc2ccc(Br)cc2)cc1. The molecule has 0 unspecified atom stereocenters. The minimum atomic E-state index is 1.03. The number of hydrogen-bond donors (Lipinski definition) is 0.